The molecule has 1 aromatic heterocycles. The molecule has 92 valence electrons. The molecule has 0 spiro atoms. The quantitative estimate of drug-likeness (QED) is 0.603. The average Bonchev–Trinajstić information content (AvgIpc) is 2.26. The highest BCUT2D eigenvalue weighted by molar-refractivity contribution is 5.73. The molecule has 0 bridgehead atoms. The number of hydrogen-bond acceptors (Lipinski definition) is 5. The molecule has 1 heterocycles. The van der Waals surface area contributed by atoms with Crippen molar-refractivity contribution in [1.82, 2.24) is 20.8 Å². The van der Waals surface area contributed by atoms with Crippen molar-refractivity contribution >= 4 is 12.0 Å². The molecule has 3 N–H and O–H groups in total. The monoisotopic (exact) mass is 240 g/mol. The Kier molecular flexibility index (Phi) is 4.82. The molecule has 0 aromatic carbocycles. The van der Waals surface area contributed by atoms with Crippen molar-refractivity contribution in [3.8, 4) is 0 Å². The number of carboxylic acids is 1. The summed E-state index contributed by atoms with van der Waals surface area (Å²) in [6, 6.07) is 1.02. The second kappa shape index (κ2) is 6.38. The van der Waals surface area contributed by atoms with Crippen LogP contribution in [0.4, 0.5) is 4.79 Å². The van der Waals surface area contributed by atoms with E-state index in [9.17, 15) is 9.59 Å². The van der Waals surface area contributed by atoms with Crippen LogP contribution in [0.25, 0.3) is 0 Å². The number of carbonyl (C=O) groups is 2. The van der Waals surface area contributed by atoms with Crippen LogP contribution in [0.5, 0.6) is 0 Å². The fourth-order valence-corrected chi connectivity index (χ4v) is 0.974. The van der Waals surface area contributed by atoms with Gasteiger partial charge in [0.1, 0.15) is 5.82 Å². The molecule has 0 atom stereocenters. The lowest BCUT2D eigenvalue weighted by molar-refractivity contribution is -0.144. The Balaban J connectivity index is 2.26. The van der Waals surface area contributed by atoms with Gasteiger partial charge in [0.2, 0.25) is 0 Å². The summed E-state index contributed by atoms with van der Waals surface area (Å²) in [5, 5.41) is 10.7. The van der Waals surface area contributed by atoms with Gasteiger partial charge in [-0.05, 0) is 13.0 Å². The van der Waals surface area contributed by atoms with E-state index < -0.39 is 18.6 Å². The summed E-state index contributed by atoms with van der Waals surface area (Å²) in [6.07, 6.45) is 1.58. The molecule has 0 saturated carbocycles. The van der Waals surface area contributed by atoms with Gasteiger partial charge in [0.05, 0.1) is 12.2 Å². The fraction of sp³-hybridized carbons (Fsp3) is 0.333. The predicted octanol–water partition coefficient (Wildman–Crippen LogP) is -0.400. The molecule has 0 aliphatic carbocycles. The normalized spacial score (nSPS) is 9.71. The number of carboxylic acid groups (broad SMARTS) is 1. The van der Waals surface area contributed by atoms with Crippen molar-refractivity contribution in [2.75, 3.05) is 6.61 Å². The molecule has 0 radical (unpaired) electrons. The molecule has 0 saturated heterocycles. The highest BCUT2D eigenvalue weighted by atomic mass is 16.7. The van der Waals surface area contributed by atoms with Crippen LogP contribution >= 0.6 is 0 Å². The van der Waals surface area contributed by atoms with E-state index in [-0.39, 0.29) is 6.54 Å². The van der Waals surface area contributed by atoms with Gasteiger partial charge < -0.3 is 10.4 Å². The van der Waals surface area contributed by atoms with E-state index in [1.807, 2.05) is 5.48 Å². The van der Waals surface area contributed by atoms with Crippen molar-refractivity contribution in [3.63, 3.8) is 0 Å². The zero-order valence-corrected chi connectivity index (χ0v) is 9.14. The molecule has 0 aliphatic rings. The van der Waals surface area contributed by atoms with Crippen molar-refractivity contribution in [2.24, 2.45) is 0 Å². The maximum Gasteiger partial charge on any atom is 0.339 e. The van der Waals surface area contributed by atoms with E-state index in [1.54, 1.807) is 19.2 Å². The number of hydrogen-bond donors (Lipinski definition) is 3. The fourth-order valence-electron chi connectivity index (χ4n) is 0.974. The van der Waals surface area contributed by atoms with E-state index in [0.717, 1.165) is 0 Å². The number of aryl methyl sites for hydroxylation is 1. The van der Waals surface area contributed by atoms with E-state index in [1.165, 1.54) is 0 Å². The zero-order chi connectivity index (χ0) is 12.7. The van der Waals surface area contributed by atoms with Crippen LogP contribution in [-0.4, -0.2) is 33.7 Å². The third-order valence-electron chi connectivity index (χ3n) is 1.62. The Morgan fingerprint density at radius 3 is 2.94 bits per heavy atom. The van der Waals surface area contributed by atoms with Gasteiger partial charge in [-0.15, -0.1) is 0 Å². The number of hydroxylamine groups is 1. The van der Waals surface area contributed by atoms with Gasteiger partial charge in [0, 0.05) is 6.20 Å². The second-order valence-corrected chi connectivity index (χ2v) is 3.06. The first-order valence-corrected chi connectivity index (χ1v) is 4.74. The molecular weight excluding hydrogens is 228 g/mol. The van der Waals surface area contributed by atoms with E-state index >= 15 is 0 Å². The van der Waals surface area contributed by atoms with Gasteiger partial charge >= 0.3 is 12.0 Å². The number of aliphatic carboxylic acids is 1. The van der Waals surface area contributed by atoms with Gasteiger partial charge in [-0.1, -0.05) is 0 Å². The Morgan fingerprint density at radius 2 is 2.29 bits per heavy atom. The number of aromatic nitrogens is 2. The van der Waals surface area contributed by atoms with Gasteiger partial charge in [0.25, 0.3) is 0 Å². The number of rotatable bonds is 5. The van der Waals surface area contributed by atoms with Gasteiger partial charge in [-0.25, -0.2) is 25.0 Å². The topological polar surface area (TPSA) is 113 Å². The first kappa shape index (κ1) is 12.8. The first-order chi connectivity index (χ1) is 8.08. The van der Waals surface area contributed by atoms with E-state index in [0.29, 0.717) is 11.5 Å². The van der Waals surface area contributed by atoms with Crippen LogP contribution in [0.2, 0.25) is 0 Å². The molecule has 17 heavy (non-hydrogen) atoms. The summed E-state index contributed by atoms with van der Waals surface area (Å²) in [4.78, 5) is 33.5. The first-order valence-electron chi connectivity index (χ1n) is 4.74. The average molecular weight is 240 g/mol. The van der Waals surface area contributed by atoms with E-state index in [4.69, 9.17) is 5.11 Å². The zero-order valence-electron chi connectivity index (χ0n) is 9.14. The Bertz CT molecular complexity index is 410. The number of amides is 2. The molecule has 1 aromatic rings. The maximum atomic E-state index is 11.1. The lowest BCUT2D eigenvalue weighted by Crippen LogP contribution is -2.36. The number of carbonyl (C=O) groups excluding carboxylic acids is 1. The summed E-state index contributed by atoms with van der Waals surface area (Å²) in [6.45, 7) is 1.34. The lowest BCUT2D eigenvalue weighted by Gasteiger charge is -2.06. The summed E-state index contributed by atoms with van der Waals surface area (Å²) in [5.41, 5.74) is 2.57. The maximum absolute atomic E-state index is 11.1. The second-order valence-electron chi connectivity index (χ2n) is 3.06. The van der Waals surface area contributed by atoms with Crippen LogP contribution in [0.15, 0.2) is 12.3 Å². The predicted molar refractivity (Wildman–Crippen MR) is 55.7 cm³/mol. The minimum atomic E-state index is -1.17. The molecular formula is C9H12N4O4. The van der Waals surface area contributed by atoms with Crippen LogP contribution in [0.3, 0.4) is 0 Å². The SMILES string of the molecule is Cc1nccc(CNC(=O)NOCC(=O)O)n1. The van der Waals surface area contributed by atoms with Crippen LogP contribution < -0.4 is 10.8 Å². The Morgan fingerprint density at radius 1 is 1.53 bits per heavy atom. The van der Waals surface area contributed by atoms with Crippen molar-refractivity contribution < 1.29 is 19.5 Å². The number of urea groups is 1. The summed E-state index contributed by atoms with van der Waals surface area (Å²) in [5.74, 6) is -0.566. The molecule has 2 amide bonds. The van der Waals surface area contributed by atoms with Crippen LogP contribution in [0, 0.1) is 6.92 Å². The number of nitrogens with one attached hydrogen (secondary N) is 2. The van der Waals surface area contributed by atoms with Gasteiger partial charge in [0.15, 0.2) is 6.61 Å². The van der Waals surface area contributed by atoms with Crippen LogP contribution in [0.1, 0.15) is 11.5 Å². The van der Waals surface area contributed by atoms with Crippen molar-refractivity contribution in [1.29, 1.82) is 0 Å². The number of nitrogens with zero attached hydrogens (tertiary/aromatic N) is 2. The minimum absolute atomic E-state index is 0.200. The minimum Gasteiger partial charge on any atom is -0.479 e. The molecule has 0 aliphatic heterocycles. The summed E-state index contributed by atoms with van der Waals surface area (Å²) in [7, 11) is 0. The molecule has 0 unspecified atom stereocenters. The van der Waals surface area contributed by atoms with E-state index in [2.05, 4.69) is 20.1 Å². The molecule has 1 rings (SSSR count). The Labute approximate surface area is 97.0 Å². The van der Waals surface area contributed by atoms with Gasteiger partial charge in [-0.3, -0.25) is 4.84 Å². The standard InChI is InChI=1S/C9H12N4O4/c1-6-10-3-2-7(12-6)4-11-9(16)13-17-5-8(14)15/h2-3H,4-5H2,1H3,(H,14,15)(H2,11,13,16). The third-order valence-corrected chi connectivity index (χ3v) is 1.62. The highest BCUT2D eigenvalue weighted by Gasteiger charge is 2.03. The van der Waals surface area contributed by atoms with Crippen molar-refractivity contribution in [2.45, 2.75) is 13.5 Å². The summed E-state index contributed by atoms with van der Waals surface area (Å²) < 4.78 is 0. The molecule has 8 heteroatoms. The highest BCUT2D eigenvalue weighted by Crippen LogP contribution is 1.93. The smallest absolute Gasteiger partial charge is 0.339 e. The third kappa shape index (κ3) is 5.42. The Hall–Kier alpha value is -2.22. The molecule has 0 fully saturated rings. The van der Waals surface area contributed by atoms with Crippen LogP contribution in [-0.2, 0) is 16.2 Å². The van der Waals surface area contributed by atoms with Crippen molar-refractivity contribution in [3.05, 3.63) is 23.8 Å². The lowest BCUT2D eigenvalue weighted by atomic mass is 10.4. The summed E-state index contributed by atoms with van der Waals surface area (Å²) >= 11 is 0. The largest absolute Gasteiger partial charge is 0.479 e. The molecule has 8 nitrogen and oxygen atoms in total. The van der Waals surface area contributed by atoms with Gasteiger partial charge in [-0.2, -0.15) is 0 Å².